The molecule has 0 atom stereocenters. The SMILES string of the molecule is CC(=O)Cc1cc2ccc(Cl)c(C)c2[nH]c1=O. The van der Waals surface area contributed by atoms with Gasteiger partial charge in [-0.1, -0.05) is 17.7 Å². The van der Waals surface area contributed by atoms with Crippen molar-refractivity contribution >= 4 is 28.3 Å². The molecule has 0 amide bonds. The first-order valence-electron chi connectivity index (χ1n) is 5.29. The molecule has 1 N–H and O–H groups in total. The van der Waals surface area contributed by atoms with Crippen molar-refractivity contribution in [1.29, 1.82) is 0 Å². The van der Waals surface area contributed by atoms with Crippen molar-refractivity contribution in [2.24, 2.45) is 0 Å². The number of benzene rings is 1. The highest BCUT2D eigenvalue weighted by atomic mass is 35.5. The third-order valence-corrected chi connectivity index (χ3v) is 3.14. The molecular weight excluding hydrogens is 238 g/mol. The number of hydrogen-bond donors (Lipinski definition) is 1. The van der Waals surface area contributed by atoms with Gasteiger partial charge in [0, 0.05) is 17.0 Å². The summed E-state index contributed by atoms with van der Waals surface area (Å²) in [5.41, 5.74) is 1.84. The van der Waals surface area contributed by atoms with Gasteiger partial charge in [-0.15, -0.1) is 0 Å². The Hall–Kier alpha value is -1.61. The predicted octanol–water partition coefficient (Wildman–Crippen LogP) is 2.62. The van der Waals surface area contributed by atoms with Crippen LogP contribution in [0.4, 0.5) is 0 Å². The molecule has 88 valence electrons. The third kappa shape index (κ3) is 2.24. The zero-order valence-electron chi connectivity index (χ0n) is 9.63. The maximum absolute atomic E-state index is 11.8. The summed E-state index contributed by atoms with van der Waals surface area (Å²) < 4.78 is 0. The van der Waals surface area contributed by atoms with Crippen molar-refractivity contribution < 1.29 is 4.79 Å². The van der Waals surface area contributed by atoms with Crippen molar-refractivity contribution in [3.8, 4) is 0 Å². The molecule has 0 spiro atoms. The molecule has 1 aromatic heterocycles. The fourth-order valence-electron chi connectivity index (χ4n) is 1.84. The Balaban J connectivity index is 2.71. The summed E-state index contributed by atoms with van der Waals surface area (Å²) in [4.78, 5) is 25.6. The van der Waals surface area contributed by atoms with Crippen LogP contribution in [0.5, 0.6) is 0 Å². The number of Topliss-reactive ketones (excluding diaryl/α,β-unsaturated/α-hetero) is 1. The highest BCUT2D eigenvalue weighted by molar-refractivity contribution is 6.32. The van der Waals surface area contributed by atoms with Gasteiger partial charge in [0.2, 0.25) is 0 Å². The minimum atomic E-state index is -0.224. The van der Waals surface area contributed by atoms with Crippen LogP contribution in [0.15, 0.2) is 23.0 Å². The summed E-state index contributed by atoms with van der Waals surface area (Å²) in [6, 6.07) is 5.37. The van der Waals surface area contributed by atoms with Gasteiger partial charge in [-0.3, -0.25) is 9.59 Å². The van der Waals surface area contributed by atoms with Gasteiger partial charge in [0.25, 0.3) is 5.56 Å². The number of carbonyl (C=O) groups is 1. The van der Waals surface area contributed by atoms with Crippen LogP contribution in [0.1, 0.15) is 18.1 Å². The second kappa shape index (κ2) is 4.34. The van der Waals surface area contributed by atoms with Gasteiger partial charge in [-0.25, -0.2) is 0 Å². The lowest BCUT2D eigenvalue weighted by Crippen LogP contribution is -2.15. The number of halogens is 1. The fraction of sp³-hybridized carbons (Fsp3) is 0.231. The maximum atomic E-state index is 11.8. The van der Waals surface area contributed by atoms with Crippen LogP contribution in [-0.4, -0.2) is 10.8 Å². The first kappa shape index (κ1) is 11.9. The summed E-state index contributed by atoms with van der Waals surface area (Å²) in [5.74, 6) is -0.0273. The van der Waals surface area contributed by atoms with Crippen LogP contribution in [0.3, 0.4) is 0 Å². The minimum Gasteiger partial charge on any atom is -0.321 e. The molecule has 17 heavy (non-hydrogen) atoms. The van der Waals surface area contributed by atoms with E-state index in [9.17, 15) is 9.59 Å². The zero-order chi connectivity index (χ0) is 12.6. The number of fused-ring (bicyclic) bond motifs is 1. The normalized spacial score (nSPS) is 10.8. The maximum Gasteiger partial charge on any atom is 0.252 e. The Labute approximate surface area is 103 Å². The Morgan fingerprint density at radius 3 is 2.76 bits per heavy atom. The van der Waals surface area contributed by atoms with E-state index in [1.165, 1.54) is 6.92 Å². The molecule has 0 aliphatic rings. The molecule has 1 aromatic carbocycles. The van der Waals surface area contributed by atoms with Crippen LogP contribution in [0.2, 0.25) is 5.02 Å². The van der Waals surface area contributed by atoms with E-state index < -0.39 is 0 Å². The molecule has 0 radical (unpaired) electrons. The van der Waals surface area contributed by atoms with Crippen LogP contribution < -0.4 is 5.56 Å². The first-order valence-corrected chi connectivity index (χ1v) is 5.67. The van der Waals surface area contributed by atoms with Crippen molar-refractivity contribution in [3.63, 3.8) is 0 Å². The van der Waals surface area contributed by atoms with Crippen LogP contribution >= 0.6 is 11.6 Å². The average Bonchev–Trinajstić information content (AvgIpc) is 2.25. The van der Waals surface area contributed by atoms with Crippen LogP contribution in [0, 0.1) is 6.92 Å². The number of ketones is 1. The molecule has 1 heterocycles. The van der Waals surface area contributed by atoms with Gasteiger partial charge >= 0.3 is 0 Å². The topological polar surface area (TPSA) is 49.9 Å². The van der Waals surface area contributed by atoms with Gasteiger partial charge in [0.05, 0.1) is 5.52 Å². The summed E-state index contributed by atoms with van der Waals surface area (Å²) in [6.45, 7) is 3.32. The fourth-order valence-corrected chi connectivity index (χ4v) is 2.00. The van der Waals surface area contributed by atoms with E-state index in [4.69, 9.17) is 11.6 Å². The molecule has 0 unspecified atom stereocenters. The molecule has 0 saturated carbocycles. The van der Waals surface area contributed by atoms with Crippen molar-refractivity contribution in [2.75, 3.05) is 0 Å². The molecule has 0 bridgehead atoms. The lowest BCUT2D eigenvalue weighted by Gasteiger charge is -2.06. The van der Waals surface area contributed by atoms with Gasteiger partial charge in [-0.05, 0) is 36.9 Å². The van der Waals surface area contributed by atoms with E-state index in [-0.39, 0.29) is 17.8 Å². The van der Waals surface area contributed by atoms with Gasteiger partial charge in [0.1, 0.15) is 5.78 Å². The highest BCUT2D eigenvalue weighted by Gasteiger charge is 2.08. The van der Waals surface area contributed by atoms with E-state index in [1.807, 2.05) is 13.0 Å². The lowest BCUT2D eigenvalue weighted by atomic mass is 10.1. The van der Waals surface area contributed by atoms with E-state index in [0.29, 0.717) is 10.6 Å². The number of hydrogen-bond acceptors (Lipinski definition) is 2. The molecule has 2 rings (SSSR count). The monoisotopic (exact) mass is 249 g/mol. The smallest absolute Gasteiger partial charge is 0.252 e. The number of H-pyrrole nitrogens is 1. The van der Waals surface area contributed by atoms with E-state index in [1.54, 1.807) is 12.1 Å². The number of nitrogens with one attached hydrogen (secondary N) is 1. The Bertz CT molecular complexity index is 658. The Morgan fingerprint density at radius 1 is 1.41 bits per heavy atom. The quantitative estimate of drug-likeness (QED) is 0.890. The highest BCUT2D eigenvalue weighted by Crippen LogP contribution is 2.23. The number of aromatic nitrogens is 1. The molecular formula is C13H12ClNO2. The van der Waals surface area contributed by atoms with E-state index in [2.05, 4.69) is 4.98 Å². The summed E-state index contributed by atoms with van der Waals surface area (Å²) in [5, 5.41) is 1.51. The zero-order valence-corrected chi connectivity index (χ0v) is 10.4. The number of carbonyl (C=O) groups excluding carboxylic acids is 1. The lowest BCUT2D eigenvalue weighted by molar-refractivity contribution is -0.116. The number of aryl methyl sites for hydroxylation is 1. The number of aromatic amines is 1. The molecule has 0 fully saturated rings. The number of rotatable bonds is 2. The van der Waals surface area contributed by atoms with Gasteiger partial charge in [-0.2, -0.15) is 0 Å². The number of pyridine rings is 1. The van der Waals surface area contributed by atoms with Crippen molar-refractivity contribution in [2.45, 2.75) is 20.3 Å². The average molecular weight is 250 g/mol. The summed E-state index contributed by atoms with van der Waals surface area (Å²) in [6.07, 6.45) is 0.160. The van der Waals surface area contributed by atoms with Crippen molar-refractivity contribution in [3.05, 3.63) is 44.7 Å². The Kier molecular flexibility index (Phi) is 3.03. The largest absolute Gasteiger partial charge is 0.321 e. The predicted molar refractivity (Wildman–Crippen MR) is 68.7 cm³/mol. The standard InChI is InChI=1S/C13H12ClNO2/c1-7(16)5-10-6-9-3-4-11(14)8(2)12(9)15-13(10)17/h3-4,6H,5H2,1-2H3,(H,15,17). The minimum absolute atomic E-state index is 0.0273. The molecule has 4 heteroatoms. The Morgan fingerprint density at radius 2 is 2.12 bits per heavy atom. The van der Waals surface area contributed by atoms with Crippen molar-refractivity contribution in [1.82, 2.24) is 4.98 Å². The van der Waals surface area contributed by atoms with Crippen LogP contribution in [-0.2, 0) is 11.2 Å². The van der Waals surface area contributed by atoms with Crippen LogP contribution in [0.25, 0.3) is 10.9 Å². The molecule has 0 saturated heterocycles. The summed E-state index contributed by atoms with van der Waals surface area (Å²) in [7, 11) is 0. The molecule has 2 aromatic rings. The first-order chi connectivity index (χ1) is 7.99. The second-order valence-electron chi connectivity index (χ2n) is 4.14. The van der Waals surface area contributed by atoms with Gasteiger partial charge in [0.15, 0.2) is 0 Å². The molecule has 0 aliphatic carbocycles. The second-order valence-corrected chi connectivity index (χ2v) is 4.55. The van der Waals surface area contributed by atoms with E-state index >= 15 is 0 Å². The third-order valence-electron chi connectivity index (χ3n) is 2.73. The summed E-state index contributed by atoms with van der Waals surface area (Å²) >= 11 is 5.99. The molecule has 3 nitrogen and oxygen atoms in total. The van der Waals surface area contributed by atoms with Gasteiger partial charge < -0.3 is 4.98 Å². The van der Waals surface area contributed by atoms with E-state index in [0.717, 1.165) is 16.5 Å². The molecule has 0 aliphatic heterocycles.